The van der Waals surface area contributed by atoms with Crippen LogP contribution in [-0.2, 0) is 0 Å². The number of aliphatic hydroxyl groups excluding tert-OH is 1. The van der Waals surface area contributed by atoms with Crippen LogP contribution in [-0.4, -0.2) is 28.1 Å². The van der Waals surface area contributed by atoms with Crippen molar-refractivity contribution in [1.82, 2.24) is 10.3 Å². The number of hydrogen-bond acceptors (Lipinski definition) is 3. The molecule has 2 rings (SSSR count). The molecule has 1 fully saturated rings. The number of pyridine rings is 1. The highest BCUT2D eigenvalue weighted by atomic mass is 16.3. The minimum Gasteiger partial charge on any atom is -0.391 e. The molecule has 1 saturated carbocycles. The zero-order chi connectivity index (χ0) is 12.3. The number of H-pyrrole nitrogens is 1. The number of aromatic amines is 1. The van der Waals surface area contributed by atoms with E-state index in [1.807, 2.05) is 0 Å². The average Bonchev–Trinajstić information content (AvgIpc) is 2.32. The second-order valence-electron chi connectivity index (χ2n) is 4.35. The van der Waals surface area contributed by atoms with Gasteiger partial charge in [0.05, 0.1) is 12.1 Å². The molecule has 2 atom stereocenters. The van der Waals surface area contributed by atoms with Crippen molar-refractivity contribution in [3.8, 4) is 0 Å². The Hall–Kier alpha value is -1.62. The van der Waals surface area contributed by atoms with Gasteiger partial charge in [0.2, 0.25) is 0 Å². The number of rotatable bonds is 2. The Kier molecular flexibility index (Phi) is 3.58. The first kappa shape index (κ1) is 11.9. The van der Waals surface area contributed by atoms with Crippen LogP contribution in [0.4, 0.5) is 0 Å². The maximum Gasteiger partial charge on any atom is 0.257 e. The molecule has 0 spiro atoms. The summed E-state index contributed by atoms with van der Waals surface area (Å²) in [7, 11) is 0. The Morgan fingerprint density at radius 2 is 2.18 bits per heavy atom. The number of carbonyl (C=O) groups excluding carboxylic acids is 1. The molecule has 0 bridgehead atoms. The van der Waals surface area contributed by atoms with Gasteiger partial charge in [-0.25, -0.2) is 0 Å². The highest BCUT2D eigenvalue weighted by molar-refractivity contribution is 5.93. The molecule has 1 aliphatic rings. The summed E-state index contributed by atoms with van der Waals surface area (Å²) >= 11 is 0. The Morgan fingerprint density at radius 1 is 1.41 bits per heavy atom. The van der Waals surface area contributed by atoms with Crippen LogP contribution in [0.1, 0.15) is 36.0 Å². The van der Waals surface area contributed by atoms with Crippen LogP contribution in [0.3, 0.4) is 0 Å². The van der Waals surface area contributed by atoms with Gasteiger partial charge in [0.25, 0.3) is 5.91 Å². The molecule has 17 heavy (non-hydrogen) atoms. The van der Waals surface area contributed by atoms with E-state index in [0.717, 1.165) is 19.3 Å². The number of amides is 1. The molecule has 0 radical (unpaired) electrons. The Balaban J connectivity index is 2.06. The molecule has 0 unspecified atom stereocenters. The fraction of sp³-hybridized carbons (Fsp3) is 0.500. The van der Waals surface area contributed by atoms with Gasteiger partial charge in [0.15, 0.2) is 5.43 Å². The summed E-state index contributed by atoms with van der Waals surface area (Å²) in [5.41, 5.74) is -0.225. The smallest absolute Gasteiger partial charge is 0.257 e. The molecule has 1 heterocycles. The number of aliphatic hydroxyl groups is 1. The molecule has 1 aliphatic carbocycles. The first-order chi connectivity index (χ1) is 8.18. The van der Waals surface area contributed by atoms with Crippen LogP contribution in [0.2, 0.25) is 0 Å². The normalized spacial score (nSPS) is 24.3. The average molecular weight is 236 g/mol. The molecule has 5 heteroatoms. The predicted octanol–water partition coefficient (Wildman–Crippen LogP) is 0.408. The van der Waals surface area contributed by atoms with Crippen molar-refractivity contribution in [2.75, 3.05) is 0 Å². The monoisotopic (exact) mass is 236 g/mol. The maximum absolute atomic E-state index is 11.8. The van der Waals surface area contributed by atoms with E-state index >= 15 is 0 Å². The van der Waals surface area contributed by atoms with Crippen LogP contribution >= 0.6 is 0 Å². The largest absolute Gasteiger partial charge is 0.391 e. The third kappa shape index (κ3) is 2.74. The van der Waals surface area contributed by atoms with Crippen molar-refractivity contribution in [3.05, 3.63) is 34.2 Å². The topological polar surface area (TPSA) is 82.2 Å². The fourth-order valence-electron chi connectivity index (χ4n) is 2.12. The molecule has 92 valence electrons. The Bertz CT molecular complexity index is 455. The first-order valence-electron chi connectivity index (χ1n) is 5.84. The second kappa shape index (κ2) is 5.14. The van der Waals surface area contributed by atoms with Crippen molar-refractivity contribution < 1.29 is 9.90 Å². The summed E-state index contributed by atoms with van der Waals surface area (Å²) in [6.07, 6.45) is 5.80. The van der Waals surface area contributed by atoms with E-state index in [1.54, 1.807) is 0 Å². The van der Waals surface area contributed by atoms with E-state index in [2.05, 4.69) is 10.3 Å². The number of carbonyl (C=O) groups is 1. The standard InChI is InChI=1S/C12H16N2O3/c15-10-5-6-13-7-8(10)12(17)14-9-3-1-2-4-11(9)16/h5-7,9,11,16H,1-4H2,(H,13,15)(H,14,17)/t9-,11-/m0/s1. The highest BCUT2D eigenvalue weighted by Crippen LogP contribution is 2.18. The molecule has 1 aromatic heterocycles. The van der Waals surface area contributed by atoms with Crippen LogP contribution in [0, 0.1) is 0 Å². The lowest BCUT2D eigenvalue weighted by molar-refractivity contribution is 0.0716. The van der Waals surface area contributed by atoms with Crippen molar-refractivity contribution in [2.24, 2.45) is 0 Å². The van der Waals surface area contributed by atoms with Gasteiger partial charge in [0.1, 0.15) is 5.56 Å². The fourth-order valence-corrected chi connectivity index (χ4v) is 2.12. The molecular formula is C12H16N2O3. The molecule has 1 aromatic rings. The zero-order valence-electron chi connectivity index (χ0n) is 9.48. The van der Waals surface area contributed by atoms with Gasteiger partial charge in [-0.3, -0.25) is 9.59 Å². The van der Waals surface area contributed by atoms with E-state index < -0.39 is 12.0 Å². The Morgan fingerprint density at radius 3 is 2.88 bits per heavy atom. The van der Waals surface area contributed by atoms with Gasteiger partial charge >= 0.3 is 0 Å². The molecule has 0 saturated heterocycles. The van der Waals surface area contributed by atoms with Gasteiger partial charge in [-0.05, 0) is 12.8 Å². The third-order valence-corrected chi connectivity index (χ3v) is 3.11. The number of hydrogen-bond donors (Lipinski definition) is 3. The highest BCUT2D eigenvalue weighted by Gasteiger charge is 2.25. The van der Waals surface area contributed by atoms with Crippen molar-refractivity contribution in [2.45, 2.75) is 37.8 Å². The molecule has 0 aliphatic heterocycles. The lowest BCUT2D eigenvalue weighted by Crippen LogP contribution is -2.46. The van der Waals surface area contributed by atoms with Crippen LogP contribution in [0.5, 0.6) is 0 Å². The van der Waals surface area contributed by atoms with Crippen LogP contribution in [0.25, 0.3) is 0 Å². The van der Waals surface area contributed by atoms with E-state index in [1.165, 1.54) is 18.5 Å². The van der Waals surface area contributed by atoms with Gasteiger partial charge in [-0.2, -0.15) is 0 Å². The summed E-state index contributed by atoms with van der Waals surface area (Å²) in [6, 6.07) is 1.07. The summed E-state index contributed by atoms with van der Waals surface area (Å²) in [5.74, 6) is -0.419. The first-order valence-corrected chi connectivity index (χ1v) is 5.84. The lowest BCUT2D eigenvalue weighted by atomic mass is 9.92. The molecule has 5 nitrogen and oxygen atoms in total. The van der Waals surface area contributed by atoms with Gasteiger partial charge < -0.3 is 15.4 Å². The lowest BCUT2D eigenvalue weighted by Gasteiger charge is -2.28. The molecule has 0 aromatic carbocycles. The zero-order valence-corrected chi connectivity index (χ0v) is 9.48. The minimum absolute atomic E-state index is 0.0882. The SMILES string of the molecule is O=C(N[C@H]1CCCC[C@@H]1O)c1c[nH]ccc1=O. The third-order valence-electron chi connectivity index (χ3n) is 3.11. The molecule has 3 N–H and O–H groups in total. The van der Waals surface area contributed by atoms with Gasteiger partial charge in [-0.15, -0.1) is 0 Å². The van der Waals surface area contributed by atoms with E-state index in [4.69, 9.17) is 0 Å². The van der Waals surface area contributed by atoms with Crippen LogP contribution in [0.15, 0.2) is 23.3 Å². The summed E-state index contributed by atoms with van der Waals surface area (Å²) in [6.45, 7) is 0. The van der Waals surface area contributed by atoms with Gasteiger partial charge in [0, 0.05) is 18.5 Å². The predicted molar refractivity (Wildman–Crippen MR) is 62.8 cm³/mol. The quantitative estimate of drug-likeness (QED) is 0.695. The second-order valence-corrected chi connectivity index (χ2v) is 4.35. The van der Waals surface area contributed by atoms with Gasteiger partial charge in [-0.1, -0.05) is 12.8 Å². The van der Waals surface area contributed by atoms with Crippen LogP contribution < -0.4 is 10.7 Å². The summed E-state index contributed by atoms with van der Waals surface area (Å²) in [5, 5.41) is 12.5. The Labute approximate surface area is 98.9 Å². The summed E-state index contributed by atoms with van der Waals surface area (Å²) in [4.78, 5) is 26.0. The van der Waals surface area contributed by atoms with E-state index in [9.17, 15) is 14.7 Å². The number of nitrogens with one attached hydrogen (secondary N) is 2. The molecular weight excluding hydrogens is 220 g/mol. The number of aromatic nitrogens is 1. The van der Waals surface area contributed by atoms with E-state index in [-0.39, 0.29) is 17.0 Å². The van der Waals surface area contributed by atoms with E-state index in [0.29, 0.717) is 6.42 Å². The van der Waals surface area contributed by atoms with Crippen molar-refractivity contribution in [3.63, 3.8) is 0 Å². The maximum atomic E-state index is 11.8. The summed E-state index contributed by atoms with van der Waals surface area (Å²) < 4.78 is 0. The minimum atomic E-state index is -0.504. The van der Waals surface area contributed by atoms with Crippen molar-refractivity contribution in [1.29, 1.82) is 0 Å². The molecule has 1 amide bonds. The van der Waals surface area contributed by atoms with Crippen molar-refractivity contribution >= 4 is 5.91 Å².